The molecule has 3 rings (SSSR count). The molecule has 0 bridgehead atoms. The third-order valence-corrected chi connectivity index (χ3v) is 16.4. The third-order valence-electron chi connectivity index (χ3n) is 15.8. The van der Waals surface area contributed by atoms with E-state index in [9.17, 15) is 5.53 Å². The Bertz CT molecular complexity index is 2070. The SMILES string of the molecule is CCCCCCCC#CC1=C(c2cc(CCC)c(CCC)c(CCC)c2)[N+](=[N-])C(c2cc(CCCCC)c(CCCCC)c(CCCCC)c2)=C1CC.CCCCCCCCCCC#[C][Ni][C]#CCCCCCCCCCC. The monoisotopic (exact) mass is 1110 g/mol. The van der Waals surface area contributed by atoms with Crippen molar-refractivity contribution in [2.45, 2.75) is 345 Å². The van der Waals surface area contributed by atoms with E-state index in [-0.39, 0.29) is 0 Å². The average molecular weight is 1110 g/mol. The van der Waals surface area contributed by atoms with Crippen LogP contribution in [0.5, 0.6) is 0 Å². The summed E-state index contributed by atoms with van der Waals surface area (Å²) in [6.45, 7) is 22.9. The van der Waals surface area contributed by atoms with E-state index in [4.69, 9.17) is 0 Å². The van der Waals surface area contributed by atoms with Crippen LogP contribution in [-0.4, -0.2) is 4.70 Å². The van der Waals surface area contributed by atoms with Crippen molar-refractivity contribution in [1.82, 2.24) is 0 Å². The number of aryl methyl sites for hydroxylation is 4. The van der Waals surface area contributed by atoms with E-state index in [1.54, 1.807) is 15.8 Å². The van der Waals surface area contributed by atoms with Crippen molar-refractivity contribution in [1.29, 1.82) is 0 Å². The van der Waals surface area contributed by atoms with E-state index >= 15 is 0 Å². The first-order chi connectivity index (χ1) is 38.3. The molecular weight excluding hydrogens is 988 g/mol. The minimum atomic E-state index is 0.836. The van der Waals surface area contributed by atoms with Crippen molar-refractivity contribution in [3.8, 4) is 33.5 Å². The second kappa shape index (κ2) is 48.4. The summed E-state index contributed by atoms with van der Waals surface area (Å²) in [6.07, 6.45) is 53.4. The van der Waals surface area contributed by atoms with E-state index < -0.39 is 0 Å². The molecule has 3 heteroatoms. The van der Waals surface area contributed by atoms with Gasteiger partial charge in [-0.15, -0.1) is 0 Å². The Kier molecular flexibility index (Phi) is 43.9. The Morgan fingerprint density at radius 3 is 1.08 bits per heavy atom. The molecule has 0 radical (unpaired) electrons. The number of rotatable bonds is 42. The molecule has 2 nitrogen and oxygen atoms in total. The van der Waals surface area contributed by atoms with Crippen LogP contribution in [0.15, 0.2) is 35.4 Å². The summed E-state index contributed by atoms with van der Waals surface area (Å²) >= 11 is 1.31. The number of allylic oxidation sites excluding steroid dienone is 2. The van der Waals surface area contributed by atoms with E-state index in [0.717, 1.165) is 106 Å². The third kappa shape index (κ3) is 28.9. The zero-order valence-corrected chi connectivity index (χ0v) is 53.9. The number of hydrogen-bond acceptors (Lipinski definition) is 0. The molecule has 2 aromatic carbocycles. The van der Waals surface area contributed by atoms with Crippen LogP contribution in [0.25, 0.3) is 16.9 Å². The fourth-order valence-corrected chi connectivity index (χ4v) is 11.8. The maximum absolute atomic E-state index is 12.6. The van der Waals surface area contributed by atoms with Crippen molar-refractivity contribution in [3.05, 3.63) is 85.5 Å². The van der Waals surface area contributed by atoms with Crippen LogP contribution in [0.4, 0.5) is 0 Å². The molecule has 0 aliphatic carbocycles. The normalized spacial score (nSPS) is 12.1. The molecule has 1 heterocycles. The molecule has 0 N–H and O–H groups in total. The summed E-state index contributed by atoms with van der Waals surface area (Å²) < 4.78 is 1.59. The van der Waals surface area contributed by atoms with E-state index in [0.29, 0.717) is 0 Å². The van der Waals surface area contributed by atoms with E-state index in [1.807, 2.05) is 0 Å². The Morgan fingerprint density at radius 1 is 0.346 bits per heavy atom. The molecule has 78 heavy (non-hydrogen) atoms. The standard InChI is InChI=1S/C51H78N2.2C12H21.Ni/c1-9-17-21-22-23-24-28-35-49-46(16-8)50(53(52)51(49)45-36-40(29-13-5)47(31-15-7)41(37-45)30-14-6)44-38-42(32-25-18-10-2)48(34-27-20-12-4)43(39-44)33-26-19-11-3;2*1-3-5-7-9-11-12-10-8-6-4-2;/h36-39H,9-27,29-34H2,1-8H3;2*3,5-12H2,1H3;. The molecule has 440 valence electrons. The Balaban J connectivity index is 0.000000699. The molecule has 0 spiro atoms. The van der Waals surface area contributed by atoms with Gasteiger partial charge in [0, 0.05) is 23.1 Å². The summed E-state index contributed by atoms with van der Waals surface area (Å²) in [6, 6.07) is 9.78. The fraction of sp³-hybridized carbons (Fsp3) is 0.707. The second-order valence-corrected chi connectivity index (χ2v) is 23.6. The summed E-state index contributed by atoms with van der Waals surface area (Å²) in [5.74, 6) is 13.8. The van der Waals surface area contributed by atoms with Crippen molar-refractivity contribution in [3.63, 3.8) is 0 Å². The fourth-order valence-electron chi connectivity index (χ4n) is 11.3. The zero-order chi connectivity index (χ0) is 56.7. The Morgan fingerprint density at radius 2 is 0.679 bits per heavy atom. The number of nitrogens with zero attached hydrogens (tertiary/aromatic N) is 2. The van der Waals surface area contributed by atoms with Gasteiger partial charge in [0.2, 0.25) is 11.4 Å². The molecule has 0 atom stereocenters. The number of hydrogen-bond donors (Lipinski definition) is 0. The van der Waals surface area contributed by atoms with Crippen LogP contribution in [0.3, 0.4) is 0 Å². The van der Waals surface area contributed by atoms with E-state index in [2.05, 4.69) is 127 Å². The quantitative estimate of drug-likeness (QED) is 0.0274. The molecule has 0 unspecified atom stereocenters. The van der Waals surface area contributed by atoms with Gasteiger partial charge in [-0.2, -0.15) is 0 Å². The van der Waals surface area contributed by atoms with Crippen LogP contribution in [-0.2, 0) is 53.0 Å². The first-order valence-corrected chi connectivity index (χ1v) is 34.6. The Hall–Kier alpha value is -3.31. The molecule has 0 saturated carbocycles. The molecule has 0 aromatic heterocycles. The van der Waals surface area contributed by atoms with Crippen LogP contribution in [0.2, 0.25) is 0 Å². The van der Waals surface area contributed by atoms with Gasteiger partial charge in [-0.05, 0) is 128 Å². The van der Waals surface area contributed by atoms with Gasteiger partial charge in [-0.3, -0.25) is 0 Å². The van der Waals surface area contributed by atoms with Gasteiger partial charge < -0.3 is 5.53 Å². The van der Waals surface area contributed by atoms with E-state index in [1.165, 1.54) is 240 Å². The molecule has 0 saturated heterocycles. The molecule has 0 amide bonds. The first-order valence-electron chi connectivity index (χ1n) is 33.6. The summed E-state index contributed by atoms with van der Waals surface area (Å²) in [5, 5.41) is 0. The number of unbranched alkanes of at least 4 members (excludes halogenated alkanes) is 27. The van der Waals surface area contributed by atoms with Crippen LogP contribution in [0.1, 0.15) is 351 Å². The predicted octanol–water partition coefficient (Wildman–Crippen LogP) is 23.7. The molecule has 2 aromatic rings. The zero-order valence-electron chi connectivity index (χ0n) is 52.9. The van der Waals surface area contributed by atoms with Gasteiger partial charge in [0.1, 0.15) is 5.57 Å². The van der Waals surface area contributed by atoms with Crippen molar-refractivity contribution in [2.24, 2.45) is 0 Å². The van der Waals surface area contributed by atoms with Gasteiger partial charge in [-0.1, -0.05) is 151 Å². The van der Waals surface area contributed by atoms with Crippen LogP contribution >= 0.6 is 0 Å². The van der Waals surface area contributed by atoms with Crippen molar-refractivity contribution < 1.29 is 19.1 Å². The Labute approximate surface area is 491 Å². The predicted molar refractivity (Wildman–Crippen MR) is 343 cm³/mol. The molecular formula is C75H120N2Ni. The molecule has 1 aliphatic rings. The van der Waals surface area contributed by atoms with Crippen molar-refractivity contribution >= 4 is 11.4 Å². The minimum absolute atomic E-state index is 0.836. The summed E-state index contributed by atoms with van der Waals surface area (Å²) in [7, 11) is 0. The number of benzene rings is 2. The van der Waals surface area contributed by atoms with Crippen LogP contribution < -0.4 is 0 Å². The molecule has 0 fully saturated rings. The van der Waals surface area contributed by atoms with Crippen molar-refractivity contribution in [2.75, 3.05) is 0 Å². The summed E-state index contributed by atoms with van der Waals surface area (Å²) in [5.41, 5.74) is 28.2. The first kappa shape index (κ1) is 70.8. The van der Waals surface area contributed by atoms with Gasteiger partial charge >= 0.3 is 165 Å². The van der Waals surface area contributed by atoms with Crippen LogP contribution in [0, 0.1) is 33.5 Å². The van der Waals surface area contributed by atoms with Gasteiger partial charge in [0.25, 0.3) is 0 Å². The topological polar surface area (TPSA) is 25.3 Å². The van der Waals surface area contributed by atoms with Gasteiger partial charge in [0.05, 0.1) is 0 Å². The molecule has 1 aliphatic heterocycles. The van der Waals surface area contributed by atoms with Gasteiger partial charge in [0.15, 0.2) is 0 Å². The maximum atomic E-state index is 12.6. The summed E-state index contributed by atoms with van der Waals surface area (Å²) in [4.78, 5) is 6.30. The van der Waals surface area contributed by atoms with Gasteiger partial charge in [-0.25, -0.2) is 4.70 Å². The average Bonchev–Trinajstić information content (AvgIpc) is 3.72. The second-order valence-electron chi connectivity index (χ2n) is 22.9.